The van der Waals surface area contributed by atoms with Crippen molar-refractivity contribution in [2.45, 2.75) is 16.2 Å². The van der Waals surface area contributed by atoms with Crippen molar-refractivity contribution in [3.8, 4) is 11.5 Å². The van der Waals surface area contributed by atoms with Crippen LogP contribution in [-0.4, -0.2) is 96.2 Å². The lowest BCUT2D eigenvalue weighted by molar-refractivity contribution is -0.119. The van der Waals surface area contributed by atoms with Crippen LogP contribution in [0.25, 0.3) is 0 Å². The van der Waals surface area contributed by atoms with Gasteiger partial charge < -0.3 is 14.4 Å². The minimum atomic E-state index is -3.92. The maximum atomic E-state index is 13.3. The molecular weight excluding hydrogens is 408 g/mol. The zero-order valence-corrected chi connectivity index (χ0v) is 17.4. The van der Waals surface area contributed by atoms with Crippen LogP contribution >= 0.6 is 0 Å². The minimum Gasteiger partial charge on any atom is -0.493 e. The molecule has 0 unspecified atom stereocenters. The first-order valence-corrected chi connectivity index (χ1v) is 12.2. The highest BCUT2D eigenvalue weighted by Crippen LogP contribution is 2.34. The first-order chi connectivity index (χ1) is 13.2. The Labute approximate surface area is 165 Å². The van der Waals surface area contributed by atoms with Crippen molar-refractivity contribution in [2.24, 2.45) is 0 Å². The lowest BCUT2D eigenvalue weighted by Crippen LogP contribution is -2.54. The number of nitrogens with zero attached hydrogens (tertiary/aromatic N) is 2. The van der Waals surface area contributed by atoms with E-state index in [0.717, 1.165) is 6.41 Å². The van der Waals surface area contributed by atoms with Gasteiger partial charge in [-0.2, -0.15) is 0 Å². The highest BCUT2D eigenvalue weighted by Gasteiger charge is 2.48. The Morgan fingerprint density at radius 2 is 1.68 bits per heavy atom. The number of sulfone groups is 2. The number of ether oxygens (including phenoxy) is 2. The molecule has 2 heterocycles. The second-order valence-corrected chi connectivity index (χ2v) is 11.2. The smallest absolute Gasteiger partial charge is 0.209 e. The third-order valence-electron chi connectivity index (χ3n) is 5.32. The van der Waals surface area contributed by atoms with Crippen LogP contribution in [0.3, 0.4) is 0 Å². The Bertz CT molecular complexity index is 938. The average Bonchev–Trinajstić information content (AvgIpc) is 3.03. The Morgan fingerprint density at radius 1 is 1.04 bits per heavy atom. The molecule has 0 saturated carbocycles. The number of amides is 1. The second kappa shape index (κ2) is 7.88. The summed E-state index contributed by atoms with van der Waals surface area (Å²) >= 11 is 0. The molecule has 1 aromatic carbocycles. The minimum absolute atomic E-state index is 0.00350. The summed E-state index contributed by atoms with van der Waals surface area (Å²) in [7, 11) is -4.56. The van der Waals surface area contributed by atoms with Gasteiger partial charge in [-0.05, 0) is 12.1 Å². The maximum Gasteiger partial charge on any atom is 0.209 e. The number of piperazine rings is 1. The topological polar surface area (TPSA) is 110 Å². The van der Waals surface area contributed by atoms with E-state index in [1.807, 2.05) is 4.90 Å². The normalized spacial score (nSPS) is 25.4. The molecule has 1 aromatic rings. The van der Waals surface area contributed by atoms with E-state index in [1.165, 1.54) is 32.4 Å². The first-order valence-electron chi connectivity index (χ1n) is 8.81. The Hall–Kier alpha value is -1.85. The quantitative estimate of drug-likeness (QED) is 0.549. The third kappa shape index (κ3) is 3.96. The molecule has 0 spiro atoms. The molecule has 0 N–H and O–H groups in total. The Balaban J connectivity index is 1.93. The standard InChI is InChI=1S/C17H24N2O7S2/c1-25-15-4-3-13(9-16(15)26-2)28(23,24)17-11-27(21,22)10-14(17)19-7-5-18(12-20)6-8-19/h3-4,9,12,14,17H,5-8,10-11H2,1-2H3/t14-,17-/m0/s1. The molecule has 1 amide bonds. The number of rotatable bonds is 6. The summed E-state index contributed by atoms with van der Waals surface area (Å²) in [5.41, 5.74) is 0. The average molecular weight is 433 g/mol. The fraction of sp³-hybridized carbons (Fsp3) is 0.588. The molecule has 0 bridgehead atoms. The number of benzene rings is 1. The molecule has 3 rings (SSSR count). The van der Waals surface area contributed by atoms with E-state index in [-0.39, 0.29) is 16.4 Å². The van der Waals surface area contributed by atoms with Crippen LogP contribution in [0.2, 0.25) is 0 Å². The van der Waals surface area contributed by atoms with Gasteiger partial charge >= 0.3 is 0 Å². The highest BCUT2D eigenvalue weighted by atomic mass is 32.2. The highest BCUT2D eigenvalue weighted by molar-refractivity contribution is 7.96. The summed E-state index contributed by atoms with van der Waals surface area (Å²) in [5, 5.41) is -1.07. The molecule has 0 aliphatic carbocycles. The molecule has 11 heteroatoms. The van der Waals surface area contributed by atoms with Crippen molar-refractivity contribution in [2.75, 3.05) is 51.9 Å². The summed E-state index contributed by atoms with van der Waals surface area (Å²) in [6, 6.07) is 3.62. The van der Waals surface area contributed by atoms with Gasteiger partial charge in [0.1, 0.15) is 0 Å². The molecule has 2 saturated heterocycles. The number of methoxy groups -OCH3 is 2. The zero-order valence-electron chi connectivity index (χ0n) is 15.8. The second-order valence-electron chi connectivity index (χ2n) is 6.92. The van der Waals surface area contributed by atoms with Gasteiger partial charge in [-0.15, -0.1) is 0 Å². The molecule has 0 radical (unpaired) electrons. The van der Waals surface area contributed by atoms with Crippen molar-refractivity contribution in [3.05, 3.63) is 18.2 Å². The maximum absolute atomic E-state index is 13.3. The number of carbonyl (C=O) groups excluding carboxylic acids is 1. The molecule has 9 nitrogen and oxygen atoms in total. The van der Waals surface area contributed by atoms with Gasteiger partial charge in [-0.25, -0.2) is 16.8 Å². The summed E-state index contributed by atoms with van der Waals surface area (Å²) in [5.74, 6) is 0.0376. The third-order valence-corrected chi connectivity index (χ3v) is 9.44. The van der Waals surface area contributed by atoms with E-state index in [1.54, 1.807) is 4.90 Å². The SMILES string of the molecule is COc1ccc(S(=O)(=O)[C@H]2CS(=O)(=O)C[C@@H]2N2CCN(C=O)CC2)cc1OC. The summed E-state index contributed by atoms with van der Waals surface area (Å²) in [6.07, 6.45) is 0.751. The van der Waals surface area contributed by atoms with E-state index in [0.29, 0.717) is 31.9 Å². The molecule has 28 heavy (non-hydrogen) atoms. The van der Waals surface area contributed by atoms with Gasteiger partial charge in [0.2, 0.25) is 6.41 Å². The van der Waals surface area contributed by atoms with E-state index >= 15 is 0 Å². The number of hydrogen-bond donors (Lipinski definition) is 0. The van der Waals surface area contributed by atoms with Crippen LogP contribution in [0, 0.1) is 0 Å². The van der Waals surface area contributed by atoms with Gasteiger partial charge in [0.25, 0.3) is 0 Å². The summed E-state index contributed by atoms with van der Waals surface area (Å²) in [6.45, 7) is 1.78. The van der Waals surface area contributed by atoms with E-state index in [9.17, 15) is 21.6 Å². The summed E-state index contributed by atoms with van der Waals surface area (Å²) < 4.78 is 61.6. The van der Waals surface area contributed by atoms with Gasteiger partial charge in [0, 0.05) is 38.3 Å². The largest absolute Gasteiger partial charge is 0.493 e. The molecular formula is C17H24N2O7S2. The molecule has 0 aromatic heterocycles. The number of carbonyl (C=O) groups is 1. The molecule has 156 valence electrons. The van der Waals surface area contributed by atoms with Crippen LogP contribution in [-0.2, 0) is 24.5 Å². The van der Waals surface area contributed by atoms with Crippen molar-refractivity contribution in [3.63, 3.8) is 0 Å². The fourth-order valence-corrected chi connectivity index (χ4v) is 8.62. The fourth-order valence-electron chi connectivity index (χ4n) is 3.78. The van der Waals surface area contributed by atoms with Crippen LogP contribution in [0.5, 0.6) is 11.5 Å². The molecule has 2 atom stereocenters. The Morgan fingerprint density at radius 3 is 2.25 bits per heavy atom. The summed E-state index contributed by atoms with van der Waals surface area (Å²) in [4.78, 5) is 14.4. The monoisotopic (exact) mass is 432 g/mol. The predicted molar refractivity (Wildman–Crippen MR) is 102 cm³/mol. The van der Waals surface area contributed by atoms with Crippen LogP contribution in [0.1, 0.15) is 0 Å². The van der Waals surface area contributed by atoms with Crippen molar-refractivity contribution in [1.29, 1.82) is 0 Å². The lowest BCUT2D eigenvalue weighted by atomic mass is 10.2. The molecule has 2 aliphatic heterocycles. The molecule has 2 aliphatic rings. The Kier molecular flexibility index (Phi) is 5.87. The molecule has 2 fully saturated rings. The van der Waals surface area contributed by atoms with Crippen molar-refractivity contribution >= 4 is 26.1 Å². The predicted octanol–water partition coefficient (Wildman–Crippen LogP) is -0.583. The van der Waals surface area contributed by atoms with E-state index in [2.05, 4.69) is 0 Å². The van der Waals surface area contributed by atoms with Crippen molar-refractivity contribution < 1.29 is 31.1 Å². The van der Waals surface area contributed by atoms with Gasteiger partial charge in [-0.1, -0.05) is 0 Å². The van der Waals surface area contributed by atoms with Crippen LogP contribution in [0.15, 0.2) is 23.1 Å². The van der Waals surface area contributed by atoms with Gasteiger partial charge in [-0.3, -0.25) is 9.69 Å². The van der Waals surface area contributed by atoms with Crippen LogP contribution in [0.4, 0.5) is 0 Å². The first kappa shape index (κ1) is 20.9. The van der Waals surface area contributed by atoms with Gasteiger partial charge in [0.05, 0.1) is 35.9 Å². The van der Waals surface area contributed by atoms with Crippen molar-refractivity contribution in [1.82, 2.24) is 9.80 Å². The lowest BCUT2D eigenvalue weighted by Gasteiger charge is -2.37. The van der Waals surface area contributed by atoms with Gasteiger partial charge in [0.15, 0.2) is 31.2 Å². The zero-order chi connectivity index (χ0) is 20.5. The van der Waals surface area contributed by atoms with E-state index in [4.69, 9.17) is 9.47 Å². The van der Waals surface area contributed by atoms with E-state index < -0.39 is 36.7 Å². The van der Waals surface area contributed by atoms with Crippen LogP contribution < -0.4 is 9.47 Å². The number of hydrogen-bond acceptors (Lipinski definition) is 8.